The lowest BCUT2D eigenvalue weighted by Gasteiger charge is -2.71. The van der Waals surface area contributed by atoms with Crippen LogP contribution in [0.1, 0.15) is 100 Å². The van der Waals surface area contributed by atoms with Crippen LogP contribution >= 0.6 is 0 Å². The first kappa shape index (κ1) is 31.1. The van der Waals surface area contributed by atoms with E-state index in [1.165, 1.54) is 0 Å². The Kier molecular flexibility index (Phi) is 6.56. The molecule has 0 aliphatic heterocycles. The maximum atomic E-state index is 14.5. The molecule has 0 saturated heterocycles. The van der Waals surface area contributed by atoms with Crippen molar-refractivity contribution in [1.82, 2.24) is 9.44 Å². The first-order chi connectivity index (χ1) is 19.1. The number of Topliss-reactive ketones (excluding diaryl/α,β-unsaturated/α-hetero) is 1. The molecule has 5 rings (SSSR count). The van der Waals surface area contributed by atoms with Gasteiger partial charge in [-0.05, 0) is 80.3 Å². The van der Waals surface area contributed by atoms with E-state index in [4.69, 9.17) is 0 Å². The van der Waals surface area contributed by atoms with Crippen LogP contribution in [0.4, 0.5) is 0 Å². The molecule has 0 heterocycles. The highest BCUT2D eigenvalue weighted by Gasteiger charge is 2.75. The predicted octanol–water partition coefficient (Wildman–Crippen LogP) is 4.04. The van der Waals surface area contributed by atoms with Crippen molar-refractivity contribution in [3.63, 3.8) is 0 Å². The minimum absolute atomic E-state index is 0.105. The molecule has 0 aromatic heterocycles. The van der Waals surface area contributed by atoms with Crippen LogP contribution in [0, 0.1) is 50.2 Å². The number of hydrogen-bond acceptors (Lipinski definition) is 7. The summed E-state index contributed by atoms with van der Waals surface area (Å²) >= 11 is 0. The molecule has 5 aliphatic carbocycles. The highest BCUT2D eigenvalue weighted by Crippen LogP contribution is 2.75. The Morgan fingerprint density at radius 1 is 1.00 bits per heavy atom. The zero-order valence-electron chi connectivity index (χ0n) is 26.1. The molecule has 0 bridgehead atoms. The van der Waals surface area contributed by atoms with Gasteiger partial charge < -0.3 is 5.11 Å². The van der Waals surface area contributed by atoms with E-state index < -0.39 is 60.2 Å². The molecule has 42 heavy (non-hydrogen) atoms. The Bertz CT molecular complexity index is 1510. The predicted molar refractivity (Wildman–Crippen MR) is 157 cm³/mol. The topological polar surface area (TPSA) is 153 Å². The maximum Gasteiger partial charge on any atom is 0.301 e. The lowest BCUT2D eigenvalue weighted by molar-refractivity contribution is -0.239. The second kappa shape index (κ2) is 8.86. The van der Waals surface area contributed by atoms with E-state index in [1.54, 1.807) is 19.1 Å². The molecule has 0 unspecified atom stereocenters. The van der Waals surface area contributed by atoms with E-state index in [0.29, 0.717) is 32.1 Å². The van der Waals surface area contributed by atoms with Gasteiger partial charge in [0, 0.05) is 34.6 Å². The number of amides is 1. The summed E-state index contributed by atoms with van der Waals surface area (Å²) in [7, 11) is -4.14. The Hall–Kier alpha value is -2.35. The molecular formula is C32H45N3O6S. The van der Waals surface area contributed by atoms with Gasteiger partial charge in [-0.15, -0.1) is 0 Å². The normalized spacial score (nSPS) is 46.1. The number of nitrogens with zero attached hydrogens (tertiary/aromatic N) is 1. The van der Waals surface area contributed by atoms with Gasteiger partial charge in [-0.25, -0.2) is 4.72 Å². The lowest BCUT2D eigenvalue weighted by atomic mass is 9.33. The van der Waals surface area contributed by atoms with Gasteiger partial charge in [0.15, 0.2) is 11.6 Å². The lowest BCUT2D eigenvalue weighted by Crippen LogP contribution is -2.74. The monoisotopic (exact) mass is 599 g/mol. The molecule has 8 atom stereocenters. The Labute approximate surface area is 249 Å². The fourth-order valence-corrected chi connectivity index (χ4v) is 11.7. The summed E-state index contributed by atoms with van der Waals surface area (Å²) in [6.07, 6.45) is 7.50. The highest BCUT2D eigenvalue weighted by molar-refractivity contribution is 7.88. The summed E-state index contributed by atoms with van der Waals surface area (Å²) in [5.74, 6) is -1.89. The highest BCUT2D eigenvalue weighted by atomic mass is 32.2. The van der Waals surface area contributed by atoms with Crippen LogP contribution in [0.25, 0.3) is 0 Å². The van der Waals surface area contributed by atoms with Gasteiger partial charge >= 0.3 is 10.2 Å². The average Bonchev–Trinajstić information content (AvgIpc) is 2.85. The molecule has 5 aliphatic rings. The average molecular weight is 600 g/mol. The summed E-state index contributed by atoms with van der Waals surface area (Å²) in [5, 5.41) is 22.8. The van der Waals surface area contributed by atoms with Crippen molar-refractivity contribution < 1.29 is 27.9 Å². The van der Waals surface area contributed by atoms with Gasteiger partial charge in [-0.3, -0.25) is 14.4 Å². The summed E-state index contributed by atoms with van der Waals surface area (Å²) in [6, 6.07) is 2.11. The standard InChI is InChI=1S/C32H45N3O6S/c1-19(36)34-42(40,41)35-28(5)13-11-27(4)12-14-31(8)30(7)10-9-21-26(2,3)25(38)20(18-33)16-29(21,6)22(30)15-24(37)32(31,39)23(27)17-28/h15-16,21,23,35,39H,9-14,17H2,1-8H3,(H,34,36)/t21-,23+,27+,28-,29-,30+,31-,32+/m0/s1. The number of hydrogen-bond donors (Lipinski definition) is 3. The second-order valence-corrected chi connectivity index (χ2v) is 17.1. The maximum absolute atomic E-state index is 14.5. The number of nitrogens with one attached hydrogen (secondary N) is 2. The third-order valence-electron chi connectivity index (χ3n) is 12.9. The van der Waals surface area contributed by atoms with Crippen molar-refractivity contribution >= 4 is 27.7 Å². The molecule has 3 N–H and O–H groups in total. The number of carbonyl (C=O) groups is 3. The number of ketones is 2. The number of fused-ring (bicyclic) bond motifs is 7. The number of nitriles is 1. The summed E-state index contributed by atoms with van der Waals surface area (Å²) in [5.41, 5.74) is -5.12. The van der Waals surface area contributed by atoms with Crippen LogP contribution in [0.5, 0.6) is 0 Å². The first-order valence-corrected chi connectivity index (χ1v) is 16.5. The summed E-state index contributed by atoms with van der Waals surface area (Å²) < 4.78 is 30.1. The number of aliphatic hydroxyl groups is 1. The van der Waals surface area contributed by atoms with Crippen LogP contribution < -0.4 is 9.44 Å². The van der Waals surface area contributed by atoms with Crippen molar-refractivity contribution in [3.8, 4) is 6.07 Å². The molecule has 230 valence electrons. The van der Waals surface area contributed by atoms with Gasteiger partial charge in [0.1, 0.15) is 11.7 Å². The molecule has 3 fully saturated rings. The quantitative estimate of drug-likeness (QED) is 0.442. The summed E-state index contributed by atoms with van der Waals surface area (Å²) in [6.45, 7) is 15.0. The molecule has 3 saturated carbocycles. The van der Waals surface area contributed by atoms with Crippen LogP contribution in [-0.4, -0.2) is 42.1 Å². The third-order valence-corrected chi connectivity index (χ3v) is 14.2. The van der Waals surface area contributed by atoms with Crippen LogP contribution in [0.2, 0.25) is 0 Å². The van der Waals surface area contributed by atoms with Gasteiger partial charge in [-0.2, -0.15) is 18.4 Å². The molecule has 0 radical (unpaired) electrons. The Morgan fingerprint density at radius 3 is 2.21 bits per heavy atom. The molecule has 0 aromatic rings. The number of allylic oxidation sites excluding steroid dienone is 3. The van der Waals surface area contributed by atoms with Crippen molar-refractivity contribution in [2.75, 3.05) is 0 Å². The molecule has 9 nitrogen and oxygen atoms in total. The van der Waals surface area contributed by atoms with Gasteiger partial charge in [0.25, 0.3) is 0 Å². The van der Waals surface area contributed by atoms with Crippen molar-refractivity contribution in [2.24, 2.45) is 38.9 Å². The van der Waals surface area contributed by atoms with E-state index in [-0.39, 0.29) is 29.5 Å². The van der Waals surface area contributed by atoms with E-state index in [2.05, 4.69) is 24.6 Å². The molecule has 10 heteroatoms. The van der Waals surface area contributed by atoms with E-state index in [9.17, 15) is 33.2 Å². The van der Waals surface area contributed by atoms with Crippen molar-refractivity contribution in [2.45, 2.75) is 111 Å². The molecule has 1 amide bonds. The van der Waals surface area contributed by atoms with E-state index in [1.807, 2.05) is 32.4 Å². The smallest absolute Gasteiger partial charge is 0.301 e. The van der Waals surface area contributed by atoms with Crippen LogP contribution in [-0.2, 0) is 24.6 Å². The first-order valence-electron chi connectivity index (χ1n) is 15.0. The zero-order chi connectivity index (χ0) is 31.5. The Morgan fingerprint density at radius 2 is 1.62 bits per heavy atom. The minimum Gasteiger partial charge on any atom is -0.381 e. The van der Waals surface area contributed by atoms with Gasteiger partial charge in [-0.1, -0.05) is 47.6 Å². The molecule has 0 spiro atoms. The van der Waals surface area contributed by atoms with E-state index in [0.717, 1.165) is 18.9 Å². The minimum atomic E-state index is -4.14. The zero-order valence-corrected chi connectivity index (χ0v) is 26.9. The molecule has 0 aromatic carbocycles. The van der Waals surface area contributed by atoms with Crippen LogP contribution in [0.3, 0.4) is 0 Å². The van der Waals surface area contributed by atoms with Gasteiger partial charge in [0.2, 0.25) is 5.91 Å². The third kappa shape index (κ3) is 3.85. The second-order valence-electron chi connectivity index (χ2n) is 15.7. The molecular weight excluding hydrogens is 554 g/mol. The van der Waals surface area contributed by atoms with Crippen molar-refractivity contribution in [3.05, 3.63) is 23.3 Å². The number of carbonyl (C=O) groups excluding carboxylic acids is 3. The SMILES string of the molecule is CC(=O)NS(=O)(=O)N[C@@]1(C)CC[C@]2(C)CC[C@@]3(C)[C@]4(C)CC[C@H]5C(C)(C)C(=O)C(C#N)=C[C@]5(C)C4=CC(=O)[C@]3(O)[C@@H]2C1. The fourth-order valence-electron chi connectivity index (χ4n) is 10.4. The fraction of sp³-hybridized carbons (Fsp3) is 0.750. The largest absolute Gasteiger partial charge is 0.381 e. The van der Waals surface area contributed by atoms with Gasteiger partial charge in [0.05, 0.1) is 5.57 Å². The van der Waals surface area contributed by atoms with E-state index >= 15 is 0 Å². The summed E-state index contributed by atoms with van der Waals surface area (Å²) in [4.78, 5) is 39.3. The Balaban J connectivity index is 1.65. The van der Waals surface area contributed by atoms with Crippen molar-refractivity contribution in [1.29, 1.82) is 5.26 Å². The van der Waals surface area contributed by atoms with Crippen LogP contribution in [0.15, 0.2) is 23.3 Å². The number of rotatable bonds is 3.